The Morgan fingerprint density at radius 3 is 2.27 bits per heavy atom. The van der Waals surface area contributed by atoms with Crippen LogP contribution in [-0.2, 0) is 17.7 Å². The molecule has 2 heterocycles. The number of ether oxygens (including phenoxy) is 1. The molecule has 0 bridgehead atoms. The van der Waals surface area contributed by atoms with E-state index in [0.29, 0.717) is 5.56 Å². The first-order chi connectivity index (χ1) is 16.0. The fourth-order valence-corrected chi connectivity index (χ4v) is 4.88. The van der Waals surface area contributed by atoms with E-state index >= 15 is 0 Å². The van der Waals surface area contributed by atoms with Crippen molar-refractivity contribution in [3.8, 4) is 0 Å². The number of methoxy groups -OCH3 is 1. The number of piperazine rings is 1. The van der Waals surface area contributed by atoms with E-state index in [1.165, 1.54) is 86.0 Å². The largest absolute Gasteiger partial charge is 0.465 e. The van der Waals surface area contributed by atoms with E-state index in [4.69, 9.17) is 4.74 Å². The van der Waals surface area contributed by atoms with Crippen LogP contribution >= 0.6 is 0 Å². The van der Waals surface area contributed by atoms with Gasteiger partial charge in [-0.1, -0.05) is 18.2 Å². The van der Waals surface area contributed by atoms with Crippen molar-refractivity contribution in [2.24, 2.45) is 0 Å². The first kappa shape index (κ1) is 23.5. The van der Waals surface area contributed by atoms with E-state index in [9.17, 15) is 4.79 Å². The van der Waals surface area contributed by atoms with Crippen LogP contribution in [0.3, 0.4) is 0 Å². The highest BCUT2D eigenvalue weighted by Crippen LogP contribution is 2.27. The predicted molar refractivity (Wildman–Crippen MR) is 135 cm³/mol. The molecule has 0 spiro atoms. The second kappa shape index (κ2) is 10.5. The Morgan fingerprint density at radius 2 is 1.58 bits per heavy atom. The number of esters is 1. The minimum absolute atomic E-state index is 0.293. The molecule has 0 atom stereocenters. The van der Waals surface area contributed by atoms with Crippen molar-refractivity contribution in [2.75, 3.05) is 46.9 Å². The van der Waals surface area contributed by atoms with Crippen molar-refractivity contribution in [1.29, 1.82) is 0 Å². The molecule has 1 aliphatic heterocycles. The van der Waals surface area contributed by atoms with Crippen molar-refractivity contribution in [2.45, 2.75) is 39.7 Å². The van der Waals surface area contributed by atoms with Crippen LogP contribution < -0.4 is 0 Å². The summed E-state index contributed by atoms with van der Waals surface area (Å²) >= 11 is 0. The van der Waals surface area contributed by atoms with Gasteiger partial charge < -0.3 is 19.1 Å². The van der Waals surface area contributed by atoms with Crippen LogP contribution in [0, 0.1) is 13.8 Å². The lowest BCUT2D eigenvalue weighted by Crippen LogP contribution is -2.44. The number of likely N-dealkylation sites (N-methyl/N-ethyl adjacent to an activating group) is 1. The van der Waals surface area contributed by atoms with E-state index in [2.05, 4.69) is 53.5 Å². The summed E-state index contributed by atoms with van der Waals surface area (Å²) in [5.74, 6) is -0.293. The van der Waals surface area contributed by atoms with Crippen molar-refractivity contribution >= 4 is 16.9 Å². The lowest BCUT2D eigenvalue weighted by atomic mass is 10.0. The lowest BCUT2D eigenvalue weighted by Gasteiger charge is -2.32. The van der Waals surface area contributed by atoms with Gasteiger partial charge in [-0.05, 0) is 87.7 Å². The van der Waals surface area contributed by atoms with Crippen molar-refractivity contribution in [3.05, 3.63) is 70.4 Å². The fraction of sp³-hybridized carbons (Fsp3) is 0.464. The zero-order chi connectivity index (χ0) is 23.4. The van der Waals surface area contributed by atoms with Crippen molar-refractivity contribution < 1.29 is 9.53 Å². The molecule has 0 saturated carbocycles. The molecule has 0 unspecified atom stereocenters. The van der Waals surface area contributed by atoms with Crippen molar-refractivity contribution in [3.63, 3.8) is 0 Å². The topological polar surface area (TPSA) is 37.7 Å². The molecule has 0 N–H and O–H groups in total. The van der Waals surface area contributed by atoms with E-state index in [-0.39, 0.29) is 5.97 Å². The van der Waals surface area contributed by atoms with Crippen LogP contribution in [0.5, 0.6) is 0 Å². The highest BCUT2D eigenvalue weighted by Gasteiger charge is 2.14. The average molecular weight is 448 g/mol. The molecule has 1 fully saturated rings. The normalized spacial score (nSPS) is 15.3. The predicted octanol–water partition coefficient (Wildman–Crippen LogP) is 4.66. The Labute approximate surface area is 197 Å². The second-order valence-corrected chi connectivity index (χ2v) is 9.43. The van der Waals surface area contributed by atoms with Gasteiger partial charge in [0.1, 0.15) is 0 Å². The highest BCUT2D eigenvalue weighted by atomic mass is 16.5. The summed E-state index contributed by atoms with van der Waals surface area (Å²) in [7, 11) is 3.63. The van der Waals surface area contributed by atoms with Gasteiger partial charge >= 0.3 is 5.97 Å². The number of rotatable bonds is 8. The quantitative estimate of drug-likeness (QED) is 0.372. The van der Waals surface area contributed by atoms with Gasteiger partial charge in [-0.2, -0.15) is 0 Å². The summed E-state index contributed by atoms with van der Waals surface area (Å²) in [5, 5.41) is 1.36. The first-order valence-corrected chi connectivity index (χ1v) is 12.1. The molecular weight excluding hydrogens is 410 g/mol. The Morgan fingerprint density at radius 1 is 0.909 bits per heavy atom. The number of aromatic nitrogens is 1. The van der Waals surface area contributed by atoms with E-state index in [1.807, 2.05) is 24.3 Å². The number of unbranched alkanes of at least 4 members (excludes halogenated alkanes) is 1. The van der Waals surface area contributed by atoms with Crippen LogP contribution in [0.15, 0.2) is 42.5 Å². The summed E-state index contributed by atoms with van der Waals surface area (Å²) in [6, 6.07) is 14.6. The number of aryl methyl sites for hydroxylation is 2. The van der Waals surface area contributed by atoms with Gasteiger partial charge in [0.2, 0.25) is 0 Å². The number of carbonyl (C=O) groups excluding carboxylic acids is 1. The number of nitrogens with zero attached hydrogens (tertiary/aromatic N) is 3. The maximum Gasteiger partial charge on any atom is 0.337 e. The van der Waals surface area contributed by atoms with Crippen LogP contribution in [0.4, 0.5) is 0 Å². The summed E-state index contributed by atoms with van der Waals surface area (Å²) in [6.45, 7) is 11.6. The zero-order valence-electron chi connectivity index (χ0n) is 20.6. The van der Waals surface area contributed by atoms with E-state index < -0.39 is 0 Å². The standard InChI is InChI=1S/C28H37N3O2/c1-21-22(2)31(14-6-5-13-30-17-15-29(3)16-18-30)27-12-9-24(20-26(21)27)19-23-7-10-25(11-8-23)28(32)33-4/h7-12,20H,5-6,13-19H2,1-4H3. The molecule has 33 heavy (non-hydrogen) atoms. The van der Waals surface area contributed by atoms with E-state index in [1.54, 1.807) is 0 Å². The fourth-order valence-electron chi connectivity index (χ4n) is 4.88. The number of hydrogen-bond acceptors (Lipinski definition) is 4. The third-order valence-corrected chi connectivity index (χ3v) is 7.19. The lowest BCUT2D eigenvalue weighted by molar-refractivity contribution is 0.0600. The molecule has 5 heteroatoms. The third kappa shape index (κ3) is 5.48. The molecule has 3 aromatic rings. The molecular formula is C28H37N3O2. The van der Waals surface area contributed by atoms with Gasteiger partial charge in [-0.15, -0.1) is 0 Å². The number of benzene rings is 2. The molecule has 176 valence electrons. The number of fused-ring (bicyclic) bond motifs is 1. The van der Waals surface area contributed by atoms with Gasteiger partial charge in [-0.25, -0.2) is 4.79 Å². The number of carbonyl (C=O) groups is 1. The maximum atomic E-state index is 11.7. The molecule has 0 aliphatic carbocycles. The maximum absolute atomic E-state index is 11.7. The Hall–Kier alpha value is -2.63. The van der Waals surface area contributed by atoms with Crippen LogP contribution in [0.25, 0.3) is 10.9 Å². The Bertz CT molecular complexity index is 1090. The molecule has 2 aromatic carbocycles. The van der Waals surface area contributed by atoms with Gasteiger partial charge in [0.15, 0.2) is 0 Å². The minimum Gasteiger partial charge on any atom is -0.465 e. The SMILES string of the molecule is COC(=O)c1ccc(Cc2ccc3c(c2)c(C)c(C)n3CCCCN2CCN(C)CC2)cc1. The summed E-state index contributed by atoms with van der Waals surface area (Å²) in [4.78, 5) is 16.7. The summed E-state index contributed by atoms with van der Waals surface area (Å²) in [5.41, 5.74) is 7.18. The average Bonchev–Trinajstić information content (AvgIpc) is 3.07. The summed E-state index contributed by atoms with van der Waals surface area (Å²) in [6.07, 6.45) is 3.32. The molecule has 0 amide bonds. The number of hydrogen-bond donors (Lipinski definition) is 0. The minimum atomic E-state index is -0.293. The second-order valence-electron chi connectivity index (χ2n) is 9.43. The first-order valence-electron chi connectivity index (χ1n) is 12.1. The Kier molecular flexibility index (Phi) is 7.51. The molecule has 1 aliphatic rings. The zero-order valence-corrected chi connectivity index (χ0v) is 20.6. The van der Waals surface area contributed by atoms with Gasteiger partial charge in [-0.3, -0.25) is 0 Å². The van der Waals surface area contributed by atoms with Crippen LogP contribution in [-0.4, -0.2) is 67.2 Å². The molecule has 1 saturated heterocycles. The molecule has 0 radical (unpaired) electrons. The monoisotopic (exact) mass is 447 g/mol. The van der Waals surface area contributed by atoms with Gasteiger partial charge in [0.25, 0.3) is 0 Å². The third-order valence-electron chi connectivity index (χ3n) is 7.19. The Balaban J connectivity index is 1.40. The van der Waals surface area contributed by atoms with Crippen molar-refractivity contribution in [1.82, 2.24) is 14.4 Å². The molecule has 4 rings (SSSR count). The molecule has 5 nitrogen and oxygen atoms in total. The van der Waals surface area contributed by atoms with Crippen LogP contribution in [0.2, 0.25) is 0 Å². The molecule has 1 aromatic heterocycles. The highest BCUT2D eigenvalue weighted by molar-refractivity contribution is 5.89. The van der Waals surface area contributed by atoms with Crippen LogP contribution in [0.1, 0.15) is 45.6 Å². The smallest absolute Gasteiger partial charge is 0.337 e. The summed E-state index contributed by atoms with van der Waals surface area (Å²) < 4.78 is 7.30. The van der Waals surface area contributed by atoms with Gasteiger partial charge in [0.05, 0.1) is 12.7 Å². The van der Waals surface area contributed by atoms with E-state index in [0.717, 1.165) is 13.0 Å². The van der Waals surface area contributed by atoms with Gasteiger partial charge in [0, 0.05) is 49.3 Å².